The van der Waals surface area contributed by atoms with Gasteiger partial charge in [-0.15, -0.1) is 0 Å². The Labute approximate surface area is 474 Å². The number of allylic oxidation sites excluding steroid dienone is 5. The Balaban J connectivity index is 4.15. The second kappa shape index (κ2) is 58.4. The fourth-order valence-electron chi connectivity index (χ4n) is 10.1. The van der Waals surface area contributed by atoms with Gasteiger partial charge in [-0.25, -0.2) is 4.57 Å². The highest BCUT2D eigenvalue weighted by molar-refractivity contribution is 7.47. The van der Waals surface area contributed by atoms with E-state index < -0.39 is 20.0 Å². The van der Waals surface area contributed by atoms with E-state index in [1.54, 1.807) is 6.08 Å². The molecule has 450 valence electrons. The molecule has 0 aliphatic rings. The minimum atomic E-state index is -4.36. The van der Waals surface area contributed by atoms with Gasteiger partial charge in [0.05, 0.1) is 39.9 Å². The Morgan fingerprint density at radius 1 is 0.434 bits per heavy atom. The number of likely N-dealkylation sites (N-methyl/N-ethyl adjacent to an activating group) is 1. The average molecular weight is 1090 g/mol. The van der Waals surface area contributed by atoms with Crippen LogP contribution >= 0.6 is 7.82 Å². The van der Waals surface area contributed by atoms with E-state index in [0.29, 0.717) is 17.4 Å². The molecule has 0 aliphatic heterocycles. The van der Waals surface area contributed by atoms with Crippen LogP contribution in [0.5, 0.6) is 0 Å². The van der Waals surface area contributed by atoms with Crippen molar-refractivity contribution >= 4 is 13.7 Å². The third kappa shape index (κ3) is 60.4. The maximum atomic E-state index is 13.0. The molecule has 3 N–H and O–H groups in total. The fourth-order valence-corrected chi connectivity index (χ4v) is 10.9. The van der Waals surface area contributed by atoms with Crippen molar-refractivity contribution in [2.45, 2.75) is 347 Å². The van der Waals surface area contributed by atoms with Crippen LogP contribution in [0.1, 0.15) is 335 Å². The van der Waals surface area contributed by atoms with Crippen molar-refractivity contribution in [3.05, 3.63) is 36.5 Å². The van der Waals surface area contributed by atoms with E-state index in [0.717, 1.165) is 44.9 Å². The van der Waals surface area contributed by atoms with Gasteiger partial charge in [0.1, 0.15) is 13.2 Å². The van der Waals surface area contributed by atoms with Gasteiger partial charge in [0, 0.05) is 6.42 Å². The molecular weight excluding hydrogens is 960 g/mol. The number of hydrogen-bond donors (Lipinski definition) is 3. The summed E-state index contributed by atoms with van der Waals surface area (Å²) in [6, 6.07) is -0.869. The normalized spacial score (nSPS) is 13.9. The zero-order valence-corrected chi connectivity index (χ0v) is 52.4. The first-order valence-corrected chi connectivity index (χ1v) is 34.9. The number of hydrogen-bond acceptors (Lipinski definition) is 5. The molecule has 0 saturated carbocycles. The number of phosphoric ester groups is 1. The standard InChI is InChI=1S/C67H131N2O6P/c1-6-8-10-12-14-16-18-20-22-24-26-28-30-32-34-35-36-38-40-42-44-46-48-50-52-54-56-58-60-66(70)65(64-75-76(72,73)74-63-62-69(3,4)5)68-67(71)61-59-57-55-53-51-49-47-45-43-41-39-37-33-31-29-27-25-23-21-19-17-15-13-11-9-7-2/h42,44,50,52,58,60,65-66,70H,6-41,43,45-49,51,53-57,59,61-64H2,1-5H3,(H-,68,71,72,73)/p+1/b44-42+,52-50+,60-58+. The number of aliphatic hydroxyl groups is 1. The lowest BCUT2D eigenvalue weighted by molar-refractivity contribution is -0.870. The number of nitrogens with zero attached hydrogens (tertiary/aromatic N) is 1. The Kier molecular flexibility index (Phi) is 57.4. The van der Waals surface area contributed by atoms with E-state index >= 15 is 0 Å². The number of amides is 1. The number of quaternary nitrogens is 1. The summed E-state index contributed by atoms with van der Waals surface area (Å²) in [7, 11) is 1.56. The van der Waals surface area contributed by atoms with Crippen molar-refractivity contribution in [2.75, 3.05) is 40.9 Å². The first kappa shape index (κ1) is 74.7. The minimum Gasteiger partial charge on any atom is -0.387 e. The molecule has 0 radical (unpaired) electrons. The predicted molar refractivity (Wildman–Crippen MR) is 332 cm³/mol. The third-order valence-corrected chi connectivity index (χ3v) is 16.3. The van der Waals surface area contributed by atoms with E-state index in [-0.39, 0.29) is 19.1 Å². The molecule has 0 heterocycles. The topological polar surface area (TPSA) is 105 Å². The Bertz CT molecular complexity index is 1330. The molecule has 76 heavy (non-hydrogen) atoms. The number of unbranched alkanes of at least 4 members (excludes halogenated alkanes) is 45. The fraction of sp³-hybridized carbons (Fsp3) is 0.896. The second-order valence-corrected chi connectivity index (χ2v) is 25.6. The number of carbonyl (C=O) groups is 1. The predicted octanol–water partition coefficient (Wildman–Crippen LogP) is 20.9. The van der Waals surface area contributed by atoms with Gasteiger partial charge in [-0.3, -0.25) is 13.8 Å². The summed E-state index contributed by atoms with van der Waals surface area (Å²) < 4.78 is 23.8. The molecule has 3 atom stereocenters. The van der Waals surface area contributed by atoms with Gasteiger partial charge in [-0.1, -0.05) is 320 Å². The third-order valence-electron chi connectivity index (χ3n) is 15.3. The van der Waals surface area contributed by atoms with Crippen molar-refractivity contribution in [1.29, 1.82) is 0 Å². The van der Waals surface area contributed by atoms with Gasteiger partial charge in [0.2, 0.25) is 5.91 Å². The molecule has 3 unspecified atom stereocenters. The van der Waals surface area contributed by atoms with Gasteiger partial charge in [0.15, 0.2) is 0 Å². The minimum absolute atomic E-state index is 0.0554. The van der Waals surface area contributed by atoms with E-state index in [2.05, 4.69) is 43.5 Å². The van der Waals surface area contributed by atoms with Gasteiger partial charge in [-0.05, 0) is 44.9 Å². The molecule has 0 spiro atoms. The zero-order chi connectivity index (χ0) is 55.6. The highest BCUT2D eigenvalue weighted by atomic mass is 31.2. The molecule has 0 aliphatic carbocycles. The first-order chi connectivity index (χ1) is 37.0. The molecule has 0 fully saturated rings. The van der Waals surface area contributed by atoms with Gasteiger partial charge in [-0.2, -0.15) is 0 Å². The first-order valence-electron chi connectivity index (χ1n) is 33.4. The van der Waals surface area contributed by atoms with Crippen LogP contribution in [-0.4, -0.2) is 73.4 Å². The highest BCUT2D eigenvalue weighted by Gasteiger charge is 2.28. The van der Waals surface area contributed by atoms with Crippen LogP contribution in [0.3, 0.4) is 0 Å². The van der Waals surface area contributed by atoms with Crippen molar-refractivity contribution in [1.82, 2.24) is 5.32 Å². The number of phosphoric acid groups is 1. The van der Waals surface area contributed by atoms with Crippen LogP contribution in [-0.2, 0) is 18.4 Å². The summed E-state index contributed by atoms with van der Waals surface area (Å²) in [5.41, 5.74) is 0. The average Bonchev–Trinajstić information content (AvgIpc) is 3.38. The SMILES string of the molecule is CCCCCCCCCCCCCCCCCCCC/C=C/CC/C=C/CC/C=C/C(O)C(COP(=O)(O)OCC[N+](C)(C)C)NC(=O)CCCCCCCCCCCCCCCCCCCCCCCCCCCC. The summed E-state index contributed by atoms with van der Waals surface area (Å²) in [6.45, 7) is 4.84. The lowest BCUT2D eigenvalue weighted by atomic mass is 10.0. The summed E-state index contributed by atoms with van der Waals surface area (Å²) in [5.74, 6) is -0.184. The summed E-state index contributed by atoms with van der Waals surface area (Å²) in [4.78, 5) is 23.4. The number of aliphatic hydroxyl groups excluding tert-OH is 1. The molecule has 0 aromatic heterocycles. The highest BCUT2D eigenvalue weighted by Crippen LogP contribution is 2.43. The van der Waals surface area contributed by atoms with E-state index in [1.165, 1.54) is 270 Å². The van der Waals surface area contributed by atoms with Crippen molar-refractivity contribution in [3.63, 3.8) is 0 Å². The largest absolute Gasteiger partial charge is 0.472 e. The van der Waals surface area contributed by atoms with Crippen molar-refractivity contribution in [3.8, 4) is 0 Å². The van der Waals surface area contributed by atoms with E-state index in [9.17, 15) is 19.4 Å². The molecule has 0 aromatic carbocycles. The van der Waals surface area contributed by atoms with E-state index in [4.69, 9.17) is 9.05 Å². The molecule has 9 heteroatoms. The lowest BCUT2D eigenvalue weighted by Gasteiger charge is -2.25. The molecular formula is C67H132N2O6P+. The number of rotatable bonds is 62. The molecule has 0 saturated heterocycles. The number of carbonyl (C=O) groups excluding carboxylic acids is 1. The summed E-state index contributed by atoms with van der Waals surface area (Å²) in [6.07, 6.45) is 77.2. The Morgan fingerprint density at radius 2 is 0.724 bits per heavy atom. The quantitative estimate of drug-likeness (QED) is 0.0243. The second-order valence-electron chi connectivity index (χ2n) is 24.2. The Morgan fingerprint density at radius 3 is 1.05 bits per heavy atom. The van der Waals surface area contributed by atoms with Crippen LogP contribution in [0, 0.1) is 0 Å². The van der Waals surface area contributed by atoms with Crippen molar-refractivity contribution < 1.29 is 32.9 Å². The van der Waals surface area contributed by atoms with Crippen LogP contribution in [0.15, 0.2) is 36.5 Å². The maximum absolute atomic E-state index is 13.0. The van der Waals surface area contributed by atoms with Crippen LogP contribution in [0.4, 0.5) is 0 Å². The molecule has 8 nitrogen and oxygen atoms in total. The van der Waals surface area contributed by atoms with Crippen LogP contribution < -0.4 is 5.32 Å². The zero-order valence-electron chi connectivity index (χ0n) is 51.5. The van der Waals surface area contributed by atoms with Gasteiger partial charge >= 0.3 is 7.82 Å². The summed E-state index contributed by atoms with van der Waals surface area (Å²) in [5, 5.41) is 14.0. The van der Waals surface area contributed by atoms with Gasteiger partial charge < -0.3 is 19.8 Å². The maximum Gasteiger partial charge on any atom is 0.472 e. The van der Waals surface area contributed by atoms with Gasteiger partial charge in [0.25, 0.3) is 0 Å². The summed E-state index contributed by atoms with van der Waals surface area (Å²) >= 11 is 0. The van der Waals surface area contributed by atoms with Crippen LogP contribution in [0.25, 0.3) is 0 Å². The van der Waals surface area contributed by atoms with Crippen LogP contribution in [0.2, 0.25) is 0 Å². The van der Waals surface area contributed by atoms with Crippen molar-refractivity contribution in [2.24, 2.45) is 0 Å². The van der Waals surface area contributed by atoms with E-state index in [1.807, 2.05) is 27.2 Å². The monoisotopic (exact) mass is 1090 g/mol. The Hall–Kier alpha value is -1.28. The molecule has 0 aromatic rings. The molecule has 0 bridgehead atoms. The lowest BCUT2D eigenvalue weighted by Crippen LogP contribution is -2.45. The number of nitrogens with one attached hydrogen (secondary N) is 1. The smallest absolute Gasteiger partial charge is 0.387 e. The molecule has 1 amide bonds. The molecule has 0 rings (SSSR count).